The summed E-state index contributed by atoms with van der Waals surface area (Å²) in [6.07, 6.45) is -0.153. The lowest BCUT2D eigenvalue weighted by Gasteiger charge is -1.79. The van der Waals surface area contributed by atoms with Crippen LogP contribution in [0.5, 0.6) is 0 Å². The van der Waals surface area contributed by atoms with Crippen molar-refractivity contribution in [3.8, 4) is 0 Å². The number of aliphatic carboxylic acids is 2. The zero-order valence-corrected chi connectivity index (χ0v) is 6.23. The molecule has 6 nitrogen and oxygen atoms in total. The molecule has 0 heterocycles. The van der Waals surface area contributed by atoms with E-state index in [1.165, 1.54) is 0 Å². The van der Waals surface area contributed by atoms with Gasteiger partial charge in [0.25, 0.3) is 0 Å². The number of carboxylic acids is 2. The number of carbonyl (C=O) groups is 2. The molecule has 0 unspecified atom stereocenters. The summed E-state index contributed by atoms with van der Waals surface area (Å²) in [6.45, 7) is 2.44. The van der Waals surface area contributed by atoms with Crippen molar-refractivity contribution < 1.29 is 30.0 Å². The molecule has 0 aromatic carbocycles. The lowest BCUT2D eigenvalue weighted by Crippen LogP contribution is -1.96. The Labute approximate surface area is 68.4 Å². The van der Waals surface area contributed by atoms with E-state index >= 15 is 0 Å². The molecule has 0 fully saturated rings. The van der Waals surface area contributed by atoms with Crippen molar-refractivity contribution in [1.82, 2.24) is 0 Å². The first kappa shape index (κ1) is 13.1. The molecule has 4 N–H and O–H groups in total. The average molecular weight is 178 g/mol. The van der Waals surface area contributed by atoms with E-state index in [1.807, 2.05) is 0 Å². The van der Waals surface area contributed by atoms with Gasteiger partial charge in [-0.3, -0.25) is 4.79 Å². The fraction of sp³-hybridized carbons (Fsp3) is 0.333. The molecular formula is C6H10O6. The SMILES string of the molecule is C=C(O)C(=O)O.O=C(O)CCO. The Hall–Kier alpha value is -1.56. The van der Waals surface area contributed by atoms with Crippen LogP contribution in [0.3, 0.4) is 0 Å². The monoisotopic (exact) mass is 178 g/mol. The minimum Gasteiger partial charge on any atom is -0.502 e. The van der Waals surface area contributed by atoms with E-state index in [4.69, 9.17) is 20.4 Å². The van der Waals surface area contributed by atoms with Crippen LogP contribution in [-0.4, -0.2) is 39.0 Å². The van der Waals surface area contributed by atoms with Gasteiger partial charge < -0.3 is 20.4 Å². The molecule has 70 valence electrons. The molecule has 0 saturated carbocycles. The maximum atomic E-state index is 9.44. The van der Waals surface area contributed by atoms with Crippen LogP contribution in [0.25, 0.3) is 0 Å². The van der Waals surface area contributed by atoms with Crippen LogP contribution < -0.4 is 0 Å². The first-order valence-electron chi connectivity index (χ1n) is 2.85. The largest absolute Gasteiger partial charge is 0.502 e. The minimum atomic E-state index is -1.38. The van der Waals surface area contributed by atoms with Gasteiger partial charge in [-0.25, -0.2) is 4.79 Å². The van der Waals surface area contributed by atoms with E-state index in [9.17, 15) is 9.59 Å². The number of aliphatic hydroxyl groups excluding tert-OH is 2. The second kappa shape index (κ2) is 7.55. The molecule has 0 saturated heterocycles. The predicted molar refractivity (Wildman–Crippen MR) is 38.7 cm³/mol. The van der Waals surface area contributed by atoms with Gasteiger partial charge in [0, 0.05) is 0 Å². The van der Waals surface area contributed by atoms with Crippen LogP contribution in [0, 0.1) is 0 Å². The van der Waals surface area contributed by atoms with Crippen molar-refractivity contribution >= 4 is 11.9 Å². The van der Waals surface area contributed by atoms with Crippen LogP contribution in [0.4, 0.5) is 0 Å². The Balaban J connectivity index is 0. The highest BCUT2D eigenvalue weighted by Gasteiger charge is 1.94. The molecule has 12 heavy (non-hydrogen) atoms. The summed E-state index contributed by atoms with van der Waals surface area (Å²) in [5.74, 6) is -3.16. The highest BCUT2D eigenvalue weighted by molar-refractivity contribution is 5.82. The normalized spacial score (nSPS) is 7.75. The summed E-state index contributed by atoms with van der Waals surface area (Å²) in [5, 5.41) is 31.1. The summed E-state index contributed by atoms with van der Waals surface area (Å²) in [7, 11) is 0. The van der Waals surface area contributed by atoms with E-state index < -0.39 is 17.7 Å². The number of hydrogen-bond acceptors (Lipinski definition) is 4. The summed E-state index contributed by atoms with van der Waals surface area (Å²) in [5.41, 5.74) is 0. The standard InChI is InChI=1S/C3H4O3.C3H6O3/c1-2(4)3(5)6;4-2-1-3(5)6/h4H,1H2,(H,5,6);4H,1-2H2,(H,5,6). The summed E-state index contributed by atoms with van der Waals surface area (Å²) >= 11 is 0. The zero-order valence-electron chi connectivity index (χ0n) is 6.23. The van der Waals surface area contributed by atoms with Crippen molar-refractivity contribution in [1.29, 1.82) is 0 Å². The van der Waals surface area contributed by atoms with Crippen LogP contribution in [0.1, 0.15) is 6.42 Å². The number of carboxylic acid groups (broad SMARTS) is 2. The molecule has 0 atom stereocenters. The quantitative estimate of drug-likeness (QED) is 0.345. The zero-order chi connectivity index (χ0) is 10.1. The predicted octanol–water partition coefficient (Wildman–Crippen LogP) is -0.404. The first-order chi connectivity index (χ1) is 5.41. The fourth-order valence-corrected chi connectivity index (χ4v) is 0.0956. The van der Waals surface area contributed by atoms with E-state index in [0.29, 0.717) is 0 Å². The molecule has 0 aromatic rings. The Kier molecular flexibility index (Phi) is 8.21. The van der Waals surface area contributed by atoms with Crippen molar-refractivity contribution in [2.75, 3.05) is 6.61 Å². The molecule has 0 radical (unpaired) electrons. The molecule has 0 aliphatic heterocycles. The van der Waals surface area contributed by atoms with Gasteiger partial charge in [-0.05, 0) is 6.58 Å². The molecule has 0 bridgehead atoms. The molecule has 0 spiro atoms. The number of aliphatic hydroxyl groups is 2. The molecule has 6 heteroatoms. The van der Waals surface area contributed by atoms with Crippen LogP contribution in [-0.2, 0) is 9.59 Å². The van der Waals surface area contributed by atoms with Crippen molar-refractivity contribution in [3.63, 3.8) is 0 Å². The Bertz CT molecular complexity index is 161. The second-order valence-corrected chi connectivity index (χ2v) is 1.62. The lowest BCUT2D eigenvalue weighted by molar-refractivity contribution is -0.138. The van der Waals surface area contributed by atoms with Gasteiger partial charge in [0.1, 0.15) is 0 Å². The molecule has 0 aliphatic rings. The van der Waals surface area contributed by atoms with E-state index in [0.717, 1.165) is 0 Å². The van der Waals surface area contributed by atoms with Crippen LogP contribution in [0.2, 0.25) is 0 Å². The topological polar surface area (TPSA) is 115 Å². The maximum absolute atomic E-state index is 9.44. The Morgan fingerprint density at radius 3 is 1.50 bits per heavy atom. The Morgan fingerprint density at radius 1 is 1.17 bits per heavy atom. The Morgan fingerprint density at radius 2 is 1.50 bits per heavy atom. The van der Waals surface area contributed by atoms with Crippen molar-refractivity contribution in [2.45, 2.75) is 6.42 Å². The van der Waals surface area contributed by atoms with E-state index in [-0.39, 0.29) is 13.0 Å². The van der Waals surface area contributed by atoms with Gasteiger partial charge in [0.05, 0.1) is 13.0 Å². The molecule has 0 aromatic heterocycles. The summed E-state index contributed by atoms with van der Waals surface area (Å²) < 4.78 is 0. The smallest absolute Gasteiger partial charge is 0.370 e. The second-order valence-electron chi connectivity index (χ2n) is 1.62. The maximum Gasteiger partial charge on any atom is 0.370 e. The van der Waals surface area contributed by atoms with Gasteiger partial charge >= 0.3 is 11.9 Å². The van der Waals surface area contributed by atoms with Crippen LogP contribution in [0.15, 0.2) is 12.3 Å². The first-order valence-corrected chi connectivity index (χ1v) is 2.85. The van der Waals surface area contributed by atoms with Crippen molar-refractivity contribution in [2.24, 2.45) is 0 Å². The van der Waals surface area contributed by atoms with Gasteiger partial charge in [-0.2, -0.15) is 0 Å². The molecular weight excluding hydrogens is 168 g/mol. The summed E-state index contributed by atoms with van der Waals surface area (Å²) in [6, 6.07) is 0. The number of hydrogen-bond donors (Lipinski definition) is 4. The fourth-order valence-electron chi connectivity index (χ4n) is 0.0956. The minimum absolute atomic E-state index is 0.153. The number of rotatable bonds is 3. The third-order valence-corrected chi connectivity index (χ3v) is 0.573. The van der Waals surface area contributed by atoms with Gasteiger partial charge in [-0.15, -0.1) is 0 Å². The third kappa shape index (κ3) is 15.8. The highest BCUT2D eigenvalue weighted by Crippen LogP contribution is 1.75. The summed E-state index contributed by atoms with van der Waals surface area (Å²) in [4.78, 5) is 18.8. The van der Waals surface area contributed by atoms with Crippen molar-refractivity contribution in [3.05, 3.63) is 12.3 Å². The third-order valence-electron chi connectivity index (χ3n) is 0.573. The van der Waals surface area contributed by atoms with Gasteiger partial charge in [-0.1, -0.05) is 0 Å². The van der Waals surface area contributed by atoms with E-state index in [1.54, 1.807) is 0 Å². The van der Waals surface area contributed by atoms with E-state index in [2.05, 4.69) is 6.58 Å². The van der Waals surface area contributed by atoms with Gasteiger partial charge in [0.2, 0.25) is 0 Å². The highest BCUT2D eigenvalue weighted by atomic mass is 16.4. The average Bonchev–Trinajstić information content (AvgIpc) is 1.87. The van der Waals surface area contributed by atoms with Gasteiger partial charge in [0.15, 0.2) is 5.76 Å². The van der Waals surface area contributed by atoms with Crippen LogP contribution >= 0.6 is 0 Å². The lowest BCUT2D eigenvalue weighted by atomic mass is 10.5. The molecule has 0 aliphatic carbocycles. The molecule has 0 rings (SSSR count). The molecule has 0 amide bonds.